The van der Waals surface area contributed by atoms with Crippen LogP contribution in [-0.2, 0) is 19.1 Å². The summed E-state index contributed by atoms with van der Waals surface area (Å²) in [4.78, 5) is 42.3. The molecule has 248 valence electrons. The molecule has 20 N–H and O–H groups in total. The molecule has 0 bridgehead atoms. The third-order valence-electron chi connectivity index (χ3n) is 4.04. The van der Waals surface area contributed by atoms with E-state index in [0.717, 1.165) is 0 Å². The second-order valence-electron chi connectivity index (χ2n) is 7.37. The Labute approximate surface area is 264 Å². The number of methoxy groups -OCH3 is 1. The average molecular weight is 682 g/mol. The predicted octanol–water partition coefficient (Wildman–Crippen LogP) is -2.87. The van der Waals surface area contributed by atoms with Gasteiger partial charge in [0.1, 0.15) is 18.1 Å². The second kappa shape index (κ2) is 35.3. The number of guanidine groups is 3. The molecule has 0 aliphatic rings. The van der Waals surface area contributed by atoms with Crippen molar-refractivity contribution in [1.29, 1.82) is 0 Å². The largest absolute Gasteiger partial charge is 0.480 e. The zero-order chi connectivity index (χ0) is 29.4. The minimum absolute atomic E-state index is 0. The maximum atomic E-state index is 10.8. The molecule has 0 aliphatic heterocycles. The molecule has 22 heteroatoms. The van der Waals surface area contributed by atoms with Crippen molar-refractivity contribution in [2.24, 2.45) is 66.6 Å². The van der Waals surface area contributed by atoms with E-state index < -0.39 is 36.0 Å². The zero-order valence-electron chi connectivity index (χ0n) is 22.8. The Morgan fingerprint density at radius 3 is 1.02 bits per heavy atom. The molecule has 0 rings (SSSR count). The number of halogens is 4. The topological polar surface area (TPSA) is 372 Å². The number of carboxylic acids is 2. The van der Waals surface area contributed by atoms with Crippen LogP contribution < -0.4 is 51.6 Å². The van der Waals surface area contributed by atoms with Crippen LogP contribution in [0.1, 0.15) is 38.5 Å². The van der Waals surface area contributed by atoms with Crippen molar-refractivity contribution < 1.29 is 29.3 Å². The summed E-state index contributed by atoms with van der Waals surface area (Å²) in [7, 11) is 1.30. The number of carbonyl (C=O) groups is 3. The van der Waals surface area contributed by atoms with Gasteiger partial charge in [0.25, 0.3) is 0 Å². The number of ether oxygens (including phenoxy) is 1. The van der Waals surface area contributed by atoms with Crippen LogP contribution in [0.25, 0.3) is 0 Å². The summed E-state index contributed by atoms with van der Waals surface area (Å²) in [5, 5.41) is 16.8. The zero-order valence-corrected chi connectivity index (χ0v) is 26.1. The van der Waals surface area contributed by atoms with Gasteiger partial charge >= 0.3 is 17.9 Å². The first-order valence-electron chi connectivity index (χ1n) is 11.1. The fraction of sp³-hybridized carbons (Fsp3) is 0.684. The maximum absolute atomic E-state index is 10.8. The van der Waals surface area contributed by atoms with E-state index >= 15 is 0 Å². The lowest BCUT2D eigenvalue weighted by molar-refractivity contribution is -0.142. The molecule has 41 heavy (non-hydrogen) atoms. The lowest BCUT2D eigenvalue weighted by Gasteiger charge is -2.07. The highest BCUT2D eigenvalue weighted by molar-refractivity contribution is 5.86. The van der Waals surface area contributed by atoms with Crippen molar-refractivity contribution in [2.75, 3.05) is 26.7 Å². The molecule has 18 nitrogen and oxygen atoms in total. The molecular formula is C19H48Cl4N12O6. The number of hydrogen-bond donors (Lipinski definition) is 11. The monoisotopic (exact) mass is 680 g/mol. The van der Waals surface area contributed by atoms with Gasteiger partial charge < -0.3 is 66.6 Å². The summed E-state index contributed by atoms with van der Waals surface area (Å²) in [6, 6.07) is -2.22. The van der Waals surface area contributed by atoms with Gasteiger partial charge in [-0.2, -0.15) is 0 Å². The van der Waals surface area contributed by atoms with E-state index in [4.69, 9.17) is 61.8 Å². The normalized spacial score (nSPS) is 10.8. The molecule has 0 saturated carbocycles. The Kier molecular flexibility index (Phi) is 46.8. The Bertz CT molecular complexity index is 714. The Morgan fingerprint density at radius 2 is 0.829 bits per heavy atom. The van der Waals surface area contributed by atoms with Crippen molar-refractivity contribution in [3.8, 4) is 0 Å². The van der Waals surface area contributed by atoms with E-state index in [2.05, 4.69) is 19.7 Å². The Balaban J connectivity index is -0.0000000807. The standard InChI is InChI=1S/C7H16N4O2.2C6H14N4O2.4ClH/c1-13-6(12)5(8)3-2-4-11-7(9)10;2*7-4(5(11)12)2-1-3-10-6(8)9;;;;/h5H,2-4,8H2,1H3,(H4,9,10,11);2*4H,1-3,7H2,(H,11,12)(H4,8,9,10);4*1H/t5-;2*4-;;;;/m010..../s1. The lowest BCUT2D eigenvalue weighted by atomic mass is 10.2. The minimum atomic E-state index is -1.00. The van der Waals surface area contributed by atoms with Gasteiger partial charge in [-0.15, -0.1) is 49.6 Å². The van der Waals surface area contributed by atoms with Gasteiger partial charge in [0.05, 0.1) is 7.11 Å². The molecule has 0 aromatic rings. The van der Waals surface area contributed by atoms with E-state index in [9.17, 15) is 14.4 Å². The number of rotatable bonds is 15. The van der Waals surface area contributed by atoms with Gasteiger partial charge in [-0.05, 0) is 38.5 Å². The van der Waals surface area contributed by atoms with Crippen LogP contribution >= 0.6 is 49.6 Å². The summed E-state index contributed by atoms with van der Waals surface area (Å²) in [5.74, 6) is -2.34. The van der Waals surface area contributed by atoms with E-state index in [1.165, 1.54) is 7.11 Å². The predicted molar refractivity (Wildman–Crippen MR) is 170 cm³/mol. The lowest BCUT2D eigenvalue weighted by Crippen LogP contribution is -2.31. The van der Waals surface area contributed by atoms with Crippen molar-refractivity contribution in [2.45, 2.75) is 56.7 Å². The average Bonchev–Trinajstić information content (AvgIpc) is 2.81. The van der Waals surface area contributed by atoms with Gasteiger partial charge in [0.15, 0.2) is 17.9 Å². The van der Waals surface area contributed by atoms with Crippen LogP contribution in [-0.4, -0.2) is 90.9 Å². The molecule has 3 atom stereocenters. The molecule has 0 radical (unpaired) electrons. The Morgan fingerprint density at radius 1 is 0.585 bits per heavy atom. The molecule has 0 saturated heterocycles. The molecule has 0 unspecified atom stereocenters. The molecule has 0 aromatic heterocycles. The molecule has 0 spiro atoms. The molecule has 0 aromatic carbocycles. The third-order valence-corrected chi connectivity index (χ3v) is 4.04. The summed E-state index contributed by atoms with van der Waals surface area (Å²) < 4.78 is 4.44. The quantitative estimate of drug-likeness (QED) is 0.0358. The van der Waals surface area contributed by atoms with Gasteiger partial charge in [-0.25, -0.2) is 0 Å². The molecular weight excluding hydrogens is 634 g/mol. The minimum Gasteiger partial charge on any atom is -0.480 e. The van der Waals surface area contributed by atoms with Crippen LogP contribution in [0.5, 0.6) is 0 Å². The van der Waals surface area contributed by atoms with E-state index in [1.807, 2.05) is 0 Å². The second-order valence-corrected chi connectivity index (χ2v) is 7.37. The van der Waals surface area contributed by atoms with E-state index in [0.29, 0.717) is 58.2 Å². The van der Waals surface area contributed by atoms with Gasteiger partial charge in [-0.1, -0.05) is 0 Å². The highest BCUT2D eigenvalue weighted by Crippen LogP contribution is 1.97. The number of carboxylic acid groups (broad SMARTS) is 2. The summed E-state index contributed by atoms with van der Waals surface area (Å²) >= 11 is 0. The van der Waals surface area contributed by atoms with E-state index in [-0.39, 0.29) is 67.5 Å². The van der Waals surface area contributed by atoms with Gasteiger partial charge in [-0.3, -0.25) is 29.4 Å². The summed E-state index contributed by atoms with van der Waals surface area (Å²) in [6.45, 7) is 1.32. The number of aliphatic carboxylic acids is 2. The number of aliphatic imine (C=N–C) groups is 3. The van der Waals surface area contributed by atoms with Crippen LogP contribution in [0.4, 0.5) is 0 Å². The number of carbonyl (C=O) groups excluding carboxylic acids is 1. The Hall–Kier alpha value is -2.74. The first kappa shape index (κ1) is 54.4. The summed E-state index contributed by atoms with van der Waals surface area (Å²) in [5.41, 5.74) is 46.3. The molecule has 0 heterocycles. The first-order chi connectivity index (χ1) is 17.1. The van der Waals surface area contributed by atoms with E-state index in [1.54, 1.807) is 0 Å². The van der Waals surface area contributed by atoms with Crippen molar-refractivity contribution >= 4 is 85.4 Å². The van der Waals surface area contributed by atoms with Crippen LogP contribution in [0.15, 0.2) is 15.0 Å². The fourth-order valence-electron chi connectivity index (χ4n) is 2.07. The van der Waals surface area contributed by atoms with Crippen molar-refractivity contribution in [3.63, 3.8) is 0 Å². The fourth-order valence-corrected chi connectivity index (χ4v) is 2.07. The molecule has 0 fully saturated rings. The van der Waals surface area contributed by atoms with Gasteiger partial charge in [0.2, 0.25) is 0 Å². The molecule has 0 amide bonds. The smallest absolute Gasteiger partial charge is 0.322 e. The summed E-state index contributed by atoms with van der Waals surface area (Å²) in [6.07, 6.45) is 3.09. The maximum Gasteiger partial charge on any atom is 0.322 e. The van der Waals surface area contributed by atoms with Crippen LogP contribution in [0, 0.1) is 0 Å². The number of nitrogens with zero attached hydrogens (tertiary/aromatic N) is 3. The SMILES string of the molecule is COC(=O)[C@@H](N)CCCN=C(N)N.Cl.Cl.Cl.Cl.NC(N)=NCCC[C@@H](N)C(=O)O.NC(N)=NCCC[C@H](N)C(=O)O. The number of hydrogen-bond acceptors (Lipinski definition) is 10. The van der Waals surface area contributed by atoms with Crippen molar-refractivity contribution in [1.82, 2.24) is 0 Å². The van der Waals surface area contributed by atoms with Crippen LogP contribution in [0.3, 0.4) is 0 Å². The number of nitrogens with two attached hydrogens (primary N) is 9. The van der Waals surface area contributed by atoms with Gasteiger partial charge in [0, 0.05) is 19.6 Å². The highest BCUT2D eigenvalue weighted by atomic mass is 35.5. The number of esters is 1. The van der Waals surface area contributed by atoms with Crippen LogP contribution in [0.2, 0.25) is 0 Å². The molecule has 0 aliphatic carbocycles. The third kappa shape index (κ3) is 44.5. The van der Waals surface area contributed by atoms with Crippen molar-refractivity contribution in [3.05, 3.63) is 0 Å². The highest BCUT2D eigenvalue weighted by Gasteiger charge is 2.12. The first-order valence-corrected chi connectivity index (χ1v) is 11.1.